The minimum absolute atomic E-state index is 0.253. The highest BCUT2D eigenvalue weighted by Gasteiger charge is 2.08. The summed E-state index contributed by atoms with van der Waals surface area (Å²) in [4.78, 5) is 22.7. The molecule has 0 radical (unpaired) electrons. The van der Waals surface area contributed by atoms with Gasteiger partial charge in [-0.3, -0.25) is 4.79 Å². The van der Waals surface area contributed by atoms with Crippen molar-refractivity contribution in [3.05, 3.63) is 77.1 Å². The topological polar surface area (TPSA) is 70.2 Å². The highest BCUT2D eigenvalue weighted by molar-refractivity contribution is 6.30. The zero-order chi connectivity index (χ0) is 19.2. The highest BCUT2D eigenvalue weighted by atomic mass is 35.5. The molecule has 1 heterocycles. The molecule has 1 amide bonds. The summed E-state index contributed by atoms with van der Waals surface area (Å²) in [6.45, 7) is 0.570. The standard InChI is InChI=1S/C20H20ClN5O/c1-26(2)18-9-7-17(8-10-18)25-19(27)15-12-23-20(24-13-15)22-11-14-3-5-16(21)6-4-14/h3-10,12-13H,11H2,1-2H3,(H,25,27)(H,22,23,24). The Labute approximate surface area is 163 Å². The predicted octanol–water partition coefficient (Wildman–Crippen LogP) is 4.06. The van der Waals surface area contributed by atoms with Crippen molar-refractivity contribution in [2.45, 2.75) is 6.54 Å². The van der Waals surface area contributed by atoms with Gasteiger partial charge in [-0.25, -0.2) is 9.97 Å². The second kappa shape index (κ2) is 8.51. The Kier molecular flexibility index (Phi) is 5.88. The summed E-state index contributed by atoms with van der Waals surface area (Å²) in [5, 5.41) is 6.64. The lowest BCUT2D eigenvalue weighted by Gasteiger charge is -2.13. The molecule has 0 bridgehead atoms. The number of anilines is 3. The first-order valence-corrected chi connectivity index (χ1v) is 8.78. The number of benzene rings is 2. The first kappa shape index (κ1) is 18.7. The van der Waals surface area contributed by atoms with Crippen LogP contribution in [0, 0.1) is 0 Å². The number of hydrogen-bond donors (Lipinski definition) is 2. The van der Waals surface area contributed by atoms with Gasteiger partial charge in [0.1, 0.15) is 0 Å². The van der Waals surface area contributed by atoms with Gasteiger partial charge in [-0.15, -0.1) is 0 Å². The van der Waals surface area contributed by atoms with Crippen molar-refractivity contribution in [2.75, 3.05) is 29.6 Å². The van der Waals surface area contributed by atoms with Gasteiger partial charge in [-0.1, -0.05) is 23.7 Å². The molecule has 0 atom stereocenters. The third-order valence-corrected chi connectivity index (χ3v) is 4.17. The van der Waals surface area contributed by atoms with Crippen molar-refractivity contribution in [1.82, 2.24) is 9.97 Å². The van der Waals surface area contributed by atoms with Crippen molar-refractivity contribution < 1.29 is 4.79 Å². The minimum atomic E-state index is -0.253. The summed E-state index contributed by atoms with van der Waals surface area (Å²) in [5.74, 6) is 0.202. The maximum atomic E-state index is 12.3. The predicted molar refractivity (Wildman–Crippen MR) is 110 cm³/mol. The lowest BCUT2D eigenvalue weighted by molar-refractivity contribution is 0.102. The lowest BCUT2D eigenvalue weighted by Crippen LogP contribution is -2.14. The van der Waals surface area contributed by atoms with Crippen LogP contribution in [-0.2, 0) is 6.54 Å². The van der Waals surface area contributed by atoms with Crippen LogP contribution in [0.25, 0.3) is 0 Å². The van der Waals surface area contributed by atoms with Crippen molar-refractivity contribution >= 4 is 34.8 Å². The van der Waals surface area contributed by atoms with Gasteiger partial charge in [-0.2, -0.15) is 0 Å². The molecule has 0 saturated heterocycles. The van der Waals surface area contributed by atoms with E-state index >= 15 is 0 Å². The molecule has 27 heavy (non-hydrogen) atoms. The van der Waals surface area contributed by atoms with Gasteiger partial charge in [-0.05, 0) is 42.0 Å². The van der Waals surface area contributed by atoms with E-state index in [1.54, 1.807) is 0 Å². The van der Waals surface area contributed by atoms with E-state index < -0.39 is 0 Å². The zero-order valence-electron chi connectivity index (χ0n) is 15.1. The second-order valence-electron chi connectivity index (χ2n) is 6.17. The summed E-state index contributed by atoms with van der Waals surface area (Å²) in [6.07, 6.45) is 3.00. The van der Waals surface area contributed by atoms with Gasteiger partial charge in [0.25, 0.3) is 5.91 Å². The van der Waals surface area contributed by atoms with Gasteiger partial charge in [0.05, 0.1) is 5.56 Å². The van der Waals surface area contributed by atoms with E-state index in [9.17, 15) is 4.79 Å². The van der Waals surface area contributed by atoms with Crippen LogP contribution >= 0.6 is 11.6 Å². The molecule has 0 aliphatic heterocycles. The normalized spacial score (nSPS) is 10.3. The summed E-state index contributed by atoms with van der Waals surface area (Å²) < 4.78 is 0. The highest BCUT2D eigenvalue weighted by Crippen LogP contribution is 2.16. The van der Waals surface area contributed by atoms with E-state index in [2.05, 4.69) is 20.6 Å². The molecule has 3 aromatic rings. The number of nitrogens with zero attached hydrogens (tertiary/aromatic N) is 3. The molecule has 2 aromatic carbocycles. The van der Waals surface area contributed by atoms with E-state index in [0.29, 0.717) is 23.1 Å². The van der Waals surface area contributed by atoms with Gasteiger partial charge < -0.3 is 15.5 Å². The lowest BCUT2D eigenvalue weighted by atomic mass is 10.2. The molecule has 0 saturated carbocycles. The average Bonchev–Trinajstić information content (AvgIpc) is 2.68. The van der Waals surface area contributed by atoms with Crippen LogP contribution in [0.1, 0.15) is 15.9 Å². The first-order valence-electron chi connectivity index (χ1n) is 8.40. The van der Waals surface area contributed by atoms with Gasteiger partial charge >= 0.3 is 0 Å². The summed E-state index contributed by atoms with van der Waals surface area (Å²) in [6, 6.07) is 15.1. The number of aromatic nitrogens is 2. The second-order valence-corrected chi connectivity index (χ2v) is 6.61. The fraction of sp³-hybridized carbons (Fsp3) is 0.150. The summed E-state index contributed by atoms with van der Waals surface area (Å²) >= 11 is 5.87. The molecule has 0 aliphatic rings. The molecule has 138 valence electrons. The smallest absolute Gasteiger partial charge is 0.258 e. The van der Waals surface area contributed by atoms with Crippen molar-refractivity contribution in [3.63, 3.8) is 0 Å². The van der Waals surface area contributed by atoms with E-state index in [-0.39, 0.29) is 5.91 Å². The van der Waals surface area contributed by atoms with Crippen LogP contribution in [0.4, 0.5) is 17.3 Å². The molecular formula is C20H20ClN5O. The van der Waals surface area contributed by atoms with Crippen molar-refractivity contribution in [3.8, 4) is 0 Å². The maximum Gasteiger partial charge on any atom is 0.258 e. The number of amides is 1. The Bertz CT molecular complexity index is 893. The molecule has 0 unspecified atom stereocenters. The SMILES string of the molecule is CN(C)c1ccc(NC(=O)c2cnc(NCc3ccc(Cl)cc3)nc2)cc1. The van der Waals surface area contributed by atoms with Gasteiger partial charge in [0.15, 0.2) is 0 Å². The van der Waals surface area contributed by atoms with Crippen LogP contribution in [0.2, 0.25) is 5.02 Å². The van der Waals surface area contributed by atoms with Crippen molar-refractivity contribution in [1.29, 1.82) is 0 Å². The van der Waals surface area contributed by atoms with Crippen molar-refractivity contribution in [2.24, 2.45) is 0 Å². The zero-order valence-corrected chi connectivity index (χ0v) is 15.9. The number of carbonyl (C=O) groups excluding carboxylic acids is 1. The first-order chi connectivity index (χ1) is 13.0. The molecule has 7 heteroatoms. The van der Waals surface area contributed by atoms with Gasteiger partial charge in [0, 0.05) is 49.4 Å². The van der Waals surface area contributed by atoms with Crippen LogP contribution in [0.3, 0.4) is 0 Å². The van der Waals surface area contributed by atoms with Crippen LogP contribution in [0.15, 0.2) is 60.9 Å². The molecule has 0 aliphatic carbocycles. The molecule has 0 fully saturated rings. The molecule has 2 N–H and O–H groups in total. The van der Waals surface area contributed by atoms with Crippen LogP contribution in [-0.4, -0.2) is 30.0 Å². The van der Waals surface area contributed by atoms with Gasteiger partial charge in [0.2, 0.25) is 5.95 Å². The molecule has 6 nitrogen and oxygen atoms in total. The molecule has 0 spiro atoms. The third kappa shape index (κ3) is 5.18. The number of carbonyl (C=O) groups is 1. The van der Waals surface area contributed by atoms with Crippen LogP contribution in [0.5, 0.6) is 0 Å². The molecular weight excluding hydrogens is 362 g/mol. The summed E-state index contributed by atoms with van der Waals surface area (Å²) in [5.41, 5.74) is 3.23. The van der Waals surface area contributed by atoms with E-state index in [0.717, 1.165) is 16.9 Å². The Hall–Kier alpha value is -3.12. The Morgan fingerprint density at radius 1 is 1.00 bits per heavy atom. The Morgan fingerprint density at radius 3 is 2.22 bits per heavy atom. The Morgan fingerprint density at radius 2 is 1.63 bits per heavy atom. The number of halogens is 1. The number of rotatable bonds is 6. The Balaban J connectivity index is 1.57. The van der Waals surface area contributed by atoms with E-state index in [4.69, 9.17) is 11.6 Å². The maximum absolute atomic E-state index is 12.3. The average molecular weight is 382 g/mol. The monoisotopic (exact) mass is 381 g/mol. The third-order valence-electron chi connectivity index (χ3n) is 3.92. The molecule has 1 aromatic heterocycles. The van der Waals surface area contributed by atoms with E-state index in [1.807, 2.05) is 67.5 Å². The fourth-order valence-corrected chi connectivity index (χ4v) is 2.49. The van der Waals surface area contributed by atoms with Crippen LogP contribution < -0.4 is 15.5 Å². The number of nitrogens with one attached hydrogen (secondary N) is 2. The summed E-state index contributed by atoms with van der Waals surface area (Å²) in [7, 11) is 3.93. The molecule has 3 rings (SSSR count). The van der Waals surface area contributed by atoms with E-state index in [1.165, 1.54) is 12.4 Å². The largest absolute Gasteiger partial charge is 0.378 e. The minimum Gasteiger partial charge on any atom is -0.378 e. The fourth-order valence-electron chi connectivity index (χ4n) is 2.37. The number of hydrogen-bond acceptors (Lipinski definition) is 5. The quantitative estimate of drug-likeness (QED) is 0.673.